The summed E-state index contributed by atoms with van der Waals surface area (Å²) in [6.45, 7) is 7.48. The number of aromatic nitrogens is 1. The molecule has 5 nitrogen and oxygen atoms in total. The predicted octanol–water partition coefficient (Wildman–Crippen LogP) is 1.47. The first-order valence-electron chi connectivity index (χ1n) is 6.88. The van der Waals surface area contributed by atoms with Crippen molar-refractivity contribution >= 4 is 17.3 Å². The van der Waals surface area contributed by atoms with Crippen molar-refractivity contribution < 1.29 is 9.90 Å². The van der Waals surface area contributed by atoms with Gasteiger partial charge in [-0.3, -0.25) is 9.80 Å². The number of aromatic carboxylic acids is 1. The van der Waals surface area contributed by atoms with Crippen molar-refractivity contribution in [2.24, 2.45) is 0 Å². The Hall–Kier alpha value is -0.980. The van der Waals surface area contributed by atoms with Crippen LogP contribution in [0.3, 0.4) is 0 Å². The van der Waals surface area contributed by atoms with Gasteiger partial charge in [0.05, 0.1) is 11.7 Å². The van der Waals surface area contributed by atoms with Gasteiger partial charge in [0.2, 0.25) is 0 Å². The van der Waals surface area contributed by atoms with Gasteiger partial charge < -0.3 is 5.11 Å². The first kappa shape index (κ1) is 13.0. The monoisotopic (exact) mass is 281 g/mol. The summed E-state index contributed by atoms with van der Waals surface area (Å²) in [7, 11) is 0. The molecule has 1 aromatic heterocycles. The largest absolute Gasteiger partial charge is 0.477 e. The number of rotatable bonds is 4. The smallest absolute Gasteiger partial charge is 0.347 e. The van der Waals surface area contributed by atoms with Crippen molar-refractivity contribution in [2.45, 2.75) is 25.8 Å². The highest BCUT2D eigenvalue weighted by Gasteiger charge is 2.35. The Kier molecular flexibility index (Phi) is 3.56. The van der Waals surface area contributed by atoms with Crippen LogP contribution >= 0.6 is 11.3 Å². The number of carboxylic acid groups (broad SMARTS) is 1. The van der Waals surface area contributed by atoms with Crippen LogP contribution in [0.15, 0.2) is 0 Å². The molecule has 104 valence electrons. The third-order valence-corrected chi connectivity index (χ3v) is 5.15. The van der Waals surface area contributed by atoms with Crippen LogP contribution in [0.1, 0.15) is 39.8 Å². The molecule has 0 amide bonds. The number of thiazole rings is 1. The number of carbonyl (C=O) groups is 1. The number of hydrogen-bond donors (Lipinski definition) is 1. The first-order chi connectivity index (χ1) is 9.19. The Bertz CT molecular complexity index is 480. The minimum absolute atomic E-state index is 0.302. The molecule has 1 N–H and O–H groups in total. The van der Waals surface area contributed by atoms with Gasteiger partial charge in [-0.25, -0.2) is 9.78 Å². The third kappa shape index (κ3) is 2.40. The third-order valence-electron chi connectivity index (χ3n) is 3.96. The summed E-state index contributed by atoms with van der Waals surface area (Å²) in [6, 6.07) is 0.302. The summed E-state index contributed by atoms with van der Waals surface area (Å²) < 4.78 is 0. The van der Waals surface area contributed by atoms with E-state index in [1.165, 1.54) is 11.3 Å². The lowest BCUT2D eigenvalue weighted by Crippen LogP contribution is -2.56. The number of hydrogen-bond acceptors (Lipinski definition) is 5. The normalized spacial score (nSPS) is 29.6. The van der Waals surface area contributed by atoms with E-state index in [-0.39, 0.29) is 0 Å². The number of fused-ring (bicyclic) bond motifs is 3. The second-order valence-corrected chi connectivity index (χ2v) is 6.27. The van der Waals surface area contributed by atoms with Crippen molar-refractivity contribution in [1.29, 1.82) is 0 Å². The molecular weight excluding hydrogens is 262 g/mol. The highest BCUT2D eigenvalue weighted by Crippen LogP contribution is 2.33. The first-order valence-corrected chi connectivity index (χ1v) is 7.70. The van der Waals surface area contributed by atoms with Crippen LogP contribution in [0.5, 0.6) is 0 Å². The molecule has 6 heteroatoms. The lowest BCUT2D eigenvalue weighted by molar-refractivity contribution is 0.0122. The lowest BCUT2D eigenvalue weighted by Gasteiger charge is -2.46. The van der Waals surface area contributed by atoms with Crippen molar-refractivity contribution in [1.82, 2.24) is 14.8 Å². The van der Waals surface area contributed by atoms with Crippen LogP contribution in [0.25, 0.3) is 0 Å². The zero-order valence-electron chi connectivity index (χ0n) is 11.1. The van der Waals surface area contributed by atoms with E-state index in [4.69, 9.17) is 0 Å². The van der Waals surface area contributed by atoms with Crippen LogP contribution < -0.4 is 0 Å². The number of aryl methyl sites for hydroxylation is 1. The highest BCUT2D eigenvalue weighted by atomic mass is 32.1. The summed E-state index contributed by atoms with van der Waals surface area (Å²) >= 11 is 1.37. The molecule has 0 aliphatic carbocycles. The van der Waals surface area contributed by atoms with Crippen LogP contribution in [0.4, 0.5) is 0 Å². The Morgan fingerprint density at radius 1 is 1.42 bits per heavy atom. The summed E-state index contributed by atoms with van der Waals surface area (Å²) in [6.07, 6.45) is 1.69. The Morgan fingerprint density at radius 2 is 2.16 bits per heavy atom. The quantitative estimate of drug-likeness (QED) is 0.905. The van der Waals surface area contributed by atoms with Crippen molar-refractivity contribution in [3.05, 3.63) is 15.6 Å². The van der Waals surface area contributed by atoms with E-state index in [0.29, 0.717) is 10.9 Å². The summed E-state index contributed by atoms with van der Waals surface area (Å²) in [5.41, 5.74) is 0.771. The van der Waals surface area contributed by atoms with E-state index >= 15 is 0 Å². The molecule has 3 fully saturated rings. The van der Waals surface area contributed by atoms with Crippen LogP contribution in [-0.2, 0) is 6.42 Å². The fraction of sp³-hybridized carbons (Fsp3) is 0.692. The molecule has 3 aliphatic heterocycles. The minimum Gasteiger partial charge on any atom is -0.477 e. The molecular formula is C13H19N3O2S. The van der Waals surface area contributed by atoms with Crippen molar-refractivity contribution in [3.63, 3.8) is 0 Å². The van der Waals surface area contributed by atoms with E-state index in [1.807, 2.05) is 0 Å². The highest BCUT2D eigenvalue weighted by molar-refractivity contribution is 7.13. The zero-order chi connectivity index (χ0) is 13.4. The number of carboxylic acids is 1. The molecule has 4 heterocycles. The van der Waals surface area contributed by atoms with Gasteiger partial charge in [-0.1, -0.05) is 13.3 Å². The number of nitrogens with zero attached hydrogens (tertiary/aromatic N) is 3. The van der Waals surface area contributed by atoms with Gasteiger partial charge in [0.1, 0.15) is 9.88 Å². The van der Waals surface area contributed by atoms with Crippen molar-refractivity contribution in [3.8, 4) is 0 Å². The molecule has 0 radical (unpaired) electrons. The van der Waals surface area contributed by atoms with Crippen LogP contribution in [0.2, 0.25) is 0 Å². The Labute approximate surface area is 116 Å². The fourth-order valence-electron chi connectivity index (χ4n) is 2.94. The van der Waals surface area contributed by atoms with Gasteiger partial charge in [0.25, 0.3) is 0 Å². The Morgan fingerprint density at radius 3 is 2.68 bits per heavy atom. The van der Waals surface area contributed by atoms with Gasteiger partial charge in [0.15, 0.2) is 0 Å². The summed E-state index contributed by atoms with van der Waals surface area (Å²) in [5, 5.41) is 10.3. The maximum absolute atomic E-state index is 11.3. The topological polar surface area (TPSA) is 56.7 Å². The molecule has 0 saturated carbocycles. The van der Waals surface area contributed by atoms with Gasteiger partial charge >= 0.3 is 5.97 Å². The SMILES string of the molecule is CCCc1nc(C2CN3CCN2CC3)sc1C(=O)O. The second-order valence-electron chi connectivity index (χ2n) is 5.24. The molecule has 3 saturated heterocycles. The molecule has 3 aliphatic rings. The minimum atomic E-state index is -0.830. The van der Waals surface area contributed by atoms with Gasteiger partial charge in [-0.05, 0) is 6.42 Å². The van der Waals surface area contributed by atoms with Gasteiger partial charge in [0, 0.05) is 32.7 Å². The number of piperazine rings is 3. The van der Waals surface area contributed by atoms with E-state index in [9.17, 15) is 9.90 Å². The maximum atomic E-state index is 11.3. The molecule has 2 bridgehead atoms. The predicted molar refractivity (Wildman–Crippen MR) is 73.8 cm³/mol. The van der Waals surface area contributed by atoms with E-state index < -0.39 is 5.97 Å². The summed E-state index contributed by atoms with van der Waals surface area (Å²) in [5.74, 6) is -0.830. The molecule has 4 rings (SSSR count). The van der Waals surface area contributed by atoms with E-state index in [0.717, 1.165) is 56.3 Å². The second kappa shape index (κ2) is 5.19. The molecule has 0 aromatic carbocycles. The Balaban J connectivity index is 1.88. The lowest BCUT2D eigenvalue weighted by atomic mass is 10.1. The molecule has 19 heavy (non-hydrogen) atoms. The van der Waals surface area contributed by atoms with Crippen molar-refractivity contribution in [2.75, 3.05) is 32.7 Å². The average molecular weight is 281 g/mol. The van der Waals surface area contributed by atoms with Gasteiger partial charge in [-0.15, -0.1) is 11.3 Å². The fourth-order valence-corrected chi connectivity index (χ4v) is 4.02. The van der Waals surface area contributed by atoms with Crippen LogP contribution in [0, 0.1) is 0 Å². The van der Waals surface area contributed by atoms with Gasteiger partial charge in [-0.2, -0.15) is 0 Å². The molecule has 1 atom stereocenters. The summed E-state index contributed by atoms with van der Waals surface area (Å²) in [4.78, 5) is 21.3. The standard InChI is InChI=1S/C13H19N3O2S/c1-2-3-9-11(13(17)18)19-12(14-9)10-8-15-4-6-16(10)7-5-15/h10H,2-8H2,1H3,(H,17,18). The average Bonchev–Trinajstić information content (AvgIpc) is 2.84. The molecule has 1 aromatic rings. The van der Waals surface area contributed by atoms with E-state index in [1.54, 1.807) is 0 Å². The molecule has 1 unspecified atom stereocenters. The van der Waals surface area contributed by atoms with E-state index in [2.05, 4.69) is 21.7 Å². The van der Waals surface area contributed by atoms with Crippen LogP contribution in [-0.4, -0.2) is 58.6 Å². The zero-order valence-corrected chi connectivity index (χ0v) is 11.9. The maximum Gasteiger partial charge on any atom is 0.347 e. The molecule has 0 spiro atoms.